The zero-order chi connectivity index (χ0) is 19.7. The summed E-state index contributed by atoms with van der Waals surface area (Å²) < 4.78 is 4.99. The van der Waals surface area contributed by atoms with Gasteiger partial charge in [0.25, 0.3) is 11.6 Å². The van der Waals surface area contributed by atoms with Crippen LogP contribution in [0.4, 0.5) is 17.1 Å². The van der Waals surface area contributed by atoms with Crippen LogP contribution < -0.4 is 10.9 Å². The van der Waals surface area contributed by atoms with E-state index >= 15 is 0 Å². The fourth-order valence-electron chi connectivity index (χ4n) is 2.62. The molecule has 136 valence electrons. The minimum Gasteiger partial charge on any atom is -0.414 e. The molecule has 3 aromatic rings. The van der Waals surface area contributed by atoms with Gasteiger partial charge in [0.2, 0.25) is 5.58 Å². The Hall–Kier alpha value is -4.08. The van der Waals surface area contributed by atoms with Crippen molar-refractivity contribution in [3.63, 3.8) is 0 Å². The highest BCUT2D eigenvalue weighted by atomic mass is 16.6. The molecule has 3 rings (SSSR count). The monoisotopic (exact) mass is 369 g/mol. The smallest absolute Gasteiger partial charge is 0.360 e. The van der Waals surface area contributed by atoms with Crippen LogP contribution in [0.25, 0.3) is 11.0 Å². The molecule has 1 heterocycles. The Morgan fingerprint density at radius 2 is 1.67 bits per heavy atom. The lowest BCUT2D eigenvalue weighted by Gasteiger charge is -2.08. The highest BCUT2D eigenvalue weighted by Gasteiger charge is 2.20. The van der Waals surface area contributed by atoms with E-state index in [0.29, 0.717) is 0 Å². The predicted octanol–water partition coefficient (Wildman–Crippen LogP) is 3.17. The summed E-state index contributed by atoms with van der Waals surface area (Å²) in [6.45, 7) is 1.42. The molecule has 0 aliphatic heterocycles. The summed E-state index contributed by atoms with van der Waals surface area (Å²) in [7, 11) is 0. The maximum Gasteiger partial charge on any atom is 0.360 e. The number of non-ortho nitro benzene ring substituents is 1. The molecule has 0 unspecified atom stereocenters. The van der Waals surface area contributed by atoms with Gasteiger partial charge in [-0.2, -0.15) is 0 Å². The molecule has 0 aliphatic rings. The number of hydrogen-bond donors (Lipinski definition) is 1. The number of nitrogens with one attached hydrogen (secondary N) is 1. The van der Waals surface area contributed by atoms with Crippen molar-refractivity contribution in [2.45, 2.75) is 6.92 Å². The number of nitro benzene ring substituents is 2. The number of carbonyl (C=O) groups excluding carboxylic acids is 1. The minimum absolute atomic E-state index is 0.0164. The summed E-state index contributed by atoms with van der Waals surface area (Å²) in [5, 5.41) is 24.6. The Kier molecular flexibility index (Phi) is 4.38. The van der Waals surface area contributed by atoms with Crippen LogP contribution in [0.2, 0.25) is 0 Å². The SMILES string of the molecule is Cc1c(C(=O)Nc2cc3cccc([N+](=O)[O-])c3oc2=O)cccc1[N+](=O)[O-]. The van der Waals surface area contributed by atoms with Crippen LogP contribution in [0.3, 0.4) is 0 Å². The van der Waals surface area contributed by atoms with Gasteiger partial charge in [0.05, 0.1) is 9.85 Å². The highest BCUT2D eigenvalue weighted by molar-refractivity contribution is 6.06. The maximum atomic E-state index is 12.5. The van der Waals surface area contributed by atoms with Crippen LogP contribution in [0.5, 0.6) is 0 Å². The second-order valence-corrected chi connectivity index (χ2v) is 5.56. The number of amides is 1. The molecule has 27 heavy (non-hydrogen) atoms. The lowest BCUT2D eigenvalue weighted by atomic mass is 10.1. The van der Waals surface area contributed by atoms with Crippen molar-refractivity contribution >= 4 is 33.9 Å². The van der Waals surface area contributed by atoms with Gasteiger partial charge < -0.3 is 9.73 Å². The summed E-state index contributed by atoms with van der Waals surface area (Å²) in [6, 6.07) is 9.33. The number of para-hydroxylation sites is 1. The molecule has 0 radical (unpaired) electrons. The summed E-state index contributed by atoms with van der Waals surface area (Å²) in [5.74, 6) is -0.742. The topological polar surface area (TPSA) is 146 Å². The molecule has 1 N–H and O–H groups in total. The van der Waals surface area contributed by atoms with Gasteiger partial charge in [-0.15, -0.1) is 0 Å². The predicted molar refractivity (Wildman–Crippen MR) is 94.9 cm³/mol. The highest BCUT2D eigenvalue weighted by Crippen LogP contribution is 2.26. The van der Waals surface area contributed by atoms with Crippen molar-refractivity contribution in [3.05, 3.63) is 84.2 Å². The van der Waals surface area contributed by atoms with Gasteiger partial charge in [-0.3, -0.25) is 25.0 Å². The van der Waals surface area contributed by atoms with Crippen LogP contribution in [-0.4, -0.2) is 15.8 Å². The summed E-state index contributed by atoms with van der Waals surface area (Å²) in [4.78, 5) is 45.3. The number of anilines is 1. The molecular formula is C17H11N3O7. The van der Waals surface area contributed by atoms with Crippen LogP contribution in [0.15, 0.2) is 51.7 Å². The first-order valence-electron chi connectivity index (χ1n) is 7.56. The van der Waals surface area contributed by atoms with Crippen molar-refractivity contribution in [1.29, 1.82) is 0 Å². The van der Waals surface area contributed by atoms with E-state index in [2.05, 4.69) is 5.32 Å². The van der Waals surface area contributed by atoms with E-state index in [-0.39, 0.29) is 39.2 Å². The maximum absolute atomic E-state index is 12.5. The Morgan fingerprint density at radius 1 is 1.04 bits per heavy atom. The van der Waals surface area contributed by atoms with Gasteiger partial charge >= 0.3 is 11.3 Å². The van der Waals surface area contributed by atoms with Crippen molar-refractivity contribution in [3.8, 4) is 0 Å². The van der Waals surface area contributed by atoms with E-state index in [1.165, 1.54) is 49.4 Å². The third-order valence-corrected chi connectivity index (χ3v) is 3.93. The van der Waals surface area contributed by atoms with E-state index in [1.807, 2.05) is 0 Å². The molecule has 2 aromatic carbocycles. The average Bonchev–Trinajstić information content (AvgIpc) is 2.61. The standard InChI is InChI=1S/C17H11N3O7/c1-9-11(5-3-6-13(9)19(23)24)16(21)18-12-8-10-4-2-7-14(20(25)26)15(10)27-17(12)22/h2-8H,1H3,(H,18,21). The first-order chi connectivity index (χ1) is 12.8. The molecule has 0 fully saturated rings. The van der Waals surface area contributed by atoms with Gasteiger partial charge in [-0.05, 0) is 19.1 Å². The molecular weight excluding hydrogens is 358 g/mol. The third kappa shape index (κ3) is 3.23. The first kappa shape index (κ1) is 17.7. The van der Waals surface area contributed by atoms with Crippen LogP contribution >= 0.6 is 0 Å². The Balaban J connectivity index is 2.03. The number of hydrogen-bond acceptors (Lipinski definition) is 7. The fourth-order valence-corrected chi connectivity index (χ4v) is 2.62. The van der Waals surface area contributed by atoms with Gasteiger partial charge in [0.15, 0.2) is 0 Å². The van der Waals surface area contributed by atoms with Crippen LogP contribution in [0.1, 0.15) is 15.9 Å². The third-order valence-electron chi connectivity index (χ3n) is 3.93. The van der Waals surface area contributed by atoms with Gasteiger partial charge in [0.1, 0.15) is 5.69 Å². The number of nitrogens with zero attached hydrogens (tertiary/aromatic N) is 2. The summed E-state index contributed by atoms with van der Waals surface area (Å²) in [6.07, 6.45) is 0. The summed E-state index contributed by atoms with van der Waals surface area (Å²) in [5.41, 5.74) is -1.88. The normalized spacial score (nSPS) is 10.6. The lowest BCUT2D eigenvalue weighted by Crippen LogP contribution is -2.19. The fraction of sp³-hybridized carbons (Fsp3) is 0.0588. The minimum atomic E-state index is -0.978. The molecule has 0 saturated heterocycles. The molecule has 0 bridgehead atoms. The Morgan fingerprint density at radius 3 is 2.33 bits per heavy atom. The van der Waals surface area contributed by atoms with E-state index in [9.17, 15) is 29.8 Å². The largest absolute Gasteiger partial charge is 0.414 e. The Labute approximate surface area is 150 Å². The van der Waals surface area contributed by atoms with Gasteiger partial charge in [-0.25, -0.2) is 4.79 Å². The van der Waals surface area contributed by atoms with Crippen LogP contribution in [-0.2, 0) is 0 Å². The average molecular weight is 369 g/mol. The molecule has 1 amide bonds. The molecule has 10 heteroatoms. The number of nitro groups is 2. The molecule has 0 spiro atoms. The molecule has 1 aromatic heterocycles. The molecule has 0 saturated carbocycles. The zero-order valence-electron chi connectivity index (χ0n) is 13.8. The molecule has 10 nitrogen and oxygen atoms in total. The number of fused-ring (bicyclic) bond motifs is 1. The molecule has 0 aliphatic carbocycles. The van der Waals surface area contributed by atoms with Crippen molar-refractivity contribution in [2.24, 2.45) is 0 Å². The van der Waals surface area contributed by atoms with Crippen molar-refractivity contribution in [1.82, 2.24) is 0 Å². The quantitative estimate of drug-likeness (QED) is 0.422. The lowest BCUT2D eigenvalue weighted by molar-refractivity contribution is -0.385. The number of benzene rings is 2. The summed E-state index contributed by atoms with van der Waals surface area (Å²) >= 11 is 0. The van der Waals surface area contributed by atoms with E-state index in [0.717, 1.165) is 0 Å². The van der Waals surface area contributed by atoms with Crippen molar-refractivity contribution < 1.29 is 19.1 Å². The second-order valence-electron chi connectivity index (χ2n) is 5.56. The van der Waals surface area contributed by atoms with E-state index < -0.39 is 21.4 Å². The second kappa shape index (κ2) is 6.67. The number of rotatable bonds is 4. The van der Waals surface area contributed by atoms with E-state index in [1.54, 1.807) is 0 Å². The zero-order valence-corrected chi connectivity index (χ0v) is 13.8. The van der Waals surface area contributed by atoms with Crippen LogP contribution in [0, 0.1) is 27.2 Å². The van der Waals surface area contributed by atoms with Gasteiger partial charge in [0, 0.05) is 28.6 Å². The van der Waals surface area contributed by atoms with E-state index in [4.69, 9.17) is 4.42 Å². The Bertz CT molecular complexity index is 1170. The van der Waals surface area contributed by atoms with Gasteiger partial charge in [-0.1, -0.05) is 18.2 Å². The first-order valence-corrected chi connectivity index (χ1v) is 7.56. The van der Waals surface area contributed by atoms with Crippen molar-refractivity contribution in [2.75, 3.05) is 5.32 Å². The number of carbonyl (C=O) groups is 1. The molecule has 0 atom stereocenters.